The third kappa shape index (κ3) is 2.22. The third-order valence-corrected chi connectivity index (χ3v) is 2.40. The van der Waals surface area contributed by atoms with Crippen LogP contribution in [0.3, 0.4) is 0 Å². The van der Waals surface area contributed by atoms with E-state index in [1.165, 1.54) is 6.20 Å². The number of aryl methyl sites for hydroxylation is 1. The number of rotatable bonds is 3. The Morgan fingerprint density at radius 2 is 2.06 bits per heavy atom. The zero-order chi connectivity index (χ0) is 13.1. The Morgan fingerprint density at radius 3 is 2.72 bits per heavy atom. The first kappa shape index (κ1) is 11.8. The molecule has 0 aliphatic rings. The zero-order valence-electron chi connectivity index (χ0n) is 9.66. The van der Waals surface area contributed by atoms with Crippen LogP contribution >= 0.6 is 0 Å². The van der Waals surface area contributed by atoms with Crippen molar-refractivity contribution in [3.05, 3.63) is 52.2 Å². The Balaban J connectivity index is 2.44. The van der Waals surface area contributed by atoms with Gasteiger partial charge in [-0.3, -0.25) is 10.1 Å². The molecule has 0 aliphatic carbocycles. The van der Waals surface area contributed by atoms with Crippen LogP contribution in [-0.4, -0.2) is 9.91 Å². The van der Waals surface area contributed by atoms with E-state index in [1.807, 2.05) is 0 Å². The van der Waals surface area contributed by atoms with Crippen LogP contribution in [0.15, 0.2) is 36.5 Å². The predicted molar refractivity (Wildman–Crippen MR) is 66.6 cm³/mol. The van der Waals surface area contributed by atoms with E-state index < -0.39 is 4.92 Å². The van der Waals surface area contributed by atoms with E-state index in [-0.39, 0.29) is 11.6 Å². The lowest BCUT2D eigenvalue weighted by Gasteiger charge is -2.08. The average Bonchev–Trinajstić information content (AvgIpc) is 2.31. The molecule has 6 nitrogen and oxygen atoms in total. The van der Waals surface area contributed by atoms with Crippen LogP contribution < -0.4 is 10.5 Å². The minimum Gasteiger partial charge on any atom is -0.431 e. The third-order valence-electron chi connectivity index (χ3n) is 2.40. The van der Waals surface area contributed by atoms with Crippen LogP contribution in [0, 0.1) is 17.0 Å². The summed E-state index contributed by atoms with van der Waals surface area (Å²) < 4.78 is 5.40. The Morgan fingerprint density at radius 1 is 1.33 bits per heavy atom. The maximum atomic E-state index is 11.0. The molecule has 0 saturated heterocycles. The van der Waals surface area contributed by atoms with Gasteiger partial charge >= 0.3 is 5.69 Å². The highest BCUT2D eigenvalue weighted by Crippen LogP contribution is 2.33. The van der Waals surface area contributed by atoms with Gasteiger partial charge in [-0.25, -0.2) is 4.98 Å². The van der Waals surface area contributed by atoms with Crippen molar-refractivity contribution < 1.29 is 9.66 Å². The van der Waals surface area contributed by atoms with Gasteiger partial charge in [0.2, 0.25) is 0 Å². The van der Waals surface area contributed by atoms with E-state index in [4.69, 9.17) is 10.5 Å². The van der Waals surface area contributed by atoms with Gasteiger partial charge in [0.25, 0.3) is 5.88 Å². The molecule has 0 saturated carbocycles. The van der Waals surface area contributed by atoms with Crippen molar-refractivity contribution in [3.8, 4) is 11.6 Å². The minimum atomic E-state index is -0.517. The molecule has 0 spiro atoms. The summed E-state index contributed by atoms with van der Waals surface area (Å²) in [6, 6.07) is 8.31. The van der Waals surface area contributed by atoms with Crippen LogP contribution in [0.4, 0.5) is 11.4 Å². The second-order valence-electron chi connectivity index (χ2n) is 3.68. The second kappa shape index (κ2) is 4.70. The van der Waals surface area contributed by atoms with Gasteiger partial charge in [-0.1, -0.05) is 12.1 Å². The number of nitrogen functional groups attached to an aromatic ring is 1. The molecule has 1 aromatic heterocycles. The smallest absolute Gasteiger partial charge is 0.334 e. The Hall–Kier alpha value is -2.63. The van der Waals surface area contributed by atoms with Crippen molar-refractivity contribution in [2.45, 2.75) is 6.92 Å². The van der Waals surface area contributed by atoms with Crippen molar-refractivity contribution in [1.82, 2.24) is 4.98 Å². The van der Waals surface area contributed by atoms with Gasteiger partial charge < -0.3 is 10.5 Å². The lowest BCUT2D eigenvalue weighted by molar-refractivity contribution is -0.386. The molecule has 0 radical (unpaired) electrons. The molecule has 0 fully saturated rings. The Kier molecular flexibility index (Phi) is 3.09. The monoisotopic (exact) mass is 245 g/mol. The minimum absolute atomic E-state index is 0.0575. The van der Waals surface area contributed by atoms with Crippen LogP contribution in [0.2, 0.25) is 0 Å². The van der Waals surface area contributed by atoms with Gasteiger partial charge in [0.15, 0.2) is 5.75 Å². The lowest BCUT2D eigenvalue weighted by Crippen LogP contribution is -1.99. The molecule has 2 N–H and O–H groups in total. The Labute approximate surface area is 103 Å². The van der Waals surface area contributed by atoms with Gasteiger partial charge in [-0.2, -0.15) is 0 Å². The largest absolute Gasteiger partial charge is 0.431 e. The van der Waals surface area contributed by atoms with E-state index in [9.17, 15) is 10.1 Å². The Bertz CT molecular complexity index is 599. The summed E-state index contributed by atoms with van der Waals surface area (Å²) in [5.74, 6) is 0.289. The summed E-state index contributed by atoms with van der Waals surface area (Å²) in [4.78, 5) is 14.3. The number of hydrogen-bond acceptors (Lipinski definition) is 5. The highest BCUT2D eigenvalue weighted by atomic mass is 16.6. The number of anilines is 1. The molecule has 0 aliphatic heterocycles. The summed E-state index contributed by atoms with van der Waals surface area (Å²) in [6.07, 6.45) is 1.46. The van der Waals surface area contributed by atoms with Gasteiger partial charge in [0.05, 0.1) is 10.6 Å². The molecular weight excluding hydrogens is 234 g/mol. The fourth-order valence-corrected chi connectivity index (χ4v) is 1.50. The van der Waals surface area contributed by atoms with E-state index in [0.29, 0.717) is 17.0 Å². The lowest BCUT2D eigenvalue weighted by atomic mass is 10.2. The second-order valence-corrected chi connectivity index (χ2v) is 3.68. The van der Waals surface area contributed by atoms with Gasteiger partial charge in [-0.15, -0.1) is 0 Å². The van der Waals surface area contributed by atoms with E-state index >= 15 is 0 Å². The number of nitrogens with two attached hydrogens (primary N) is 1. The highest BCUT2D eigenvalue weighted by Gasteiger charge is 2.21. The van der Waals surface area contributed by atoms with Crippen molar-refractivity contribution in [2.24, 2.45) is 0 Å². The van der Waals surface area contributed by atoms with Crippen molar-refractivity contribution in [2.75, 3.05) is 5.73 Å². The number of hydrogen-bond donors (Lipinski definition) is 1. The number of ether oxygens (including phenoxy) is 1. The topological polar surface area (TPSA) is 91.3 Å². The SMILES string of the molecule is Cc1ccnc(Oc2ccccc2N)c1[N+](=O)[O-]. The number of aromatic nitrogens is 1. The zero-order valence-corrected chi connectivity index (χ0v) is 9.66. The maximum Gasteiger partial charge on any atom is 0.334 e. The fourth-order valence-electron chi connectivity index (χ4n) is 1.50. The number of para-hydroxylation sites is 2. The van der Waals surface area contributed by atoms with Gasteiger partial charge in [0, 0.05) is 11.8 Å². The molecule has 0 amide bonds. The van der Waals surface area contributed by atoms with Crippen LogP contribution in [0.5, 0.6) is 11.6 Å². The van der Waals surface area contributed by atoms with Crippen LogP contribution in [0.25, 0.3) is 0 Å². The van der Waals surface area contributed by atoms with Gasteiger partial charge in [0.1, 0.15) is 0 Å². The molecule has 1 aromatic carbocycles. The molecule has 18 heavy (non-hydrogen) atoms. The molecule has 0 atom stereocenters. The number of nitrogens with zero attached hydrogens (tertiary/aromatic N) is 2. The average molecular weight is 245 g/mol. The summed E-state index contributed by atoms with van der Waals surface area (Å²) in [6.45, 7) is 1.63. The first-order valence-corrected chi connectivity index (χ1v) is 5.22. The first-order chi connectivity index (χ1) is 8.59. The van der Waals surface area contributed by atoms with Crippen molar-refractivity contribution in [3.63, 3.8) is 0 Å². The molecular formula is C12H11N3O3. The van der Waals surface area contributed by atoms with Crippen LogP contribution in [-0.2, 0) is 0 Å². The molecule has 0 bridgehead atoms. The molecule has 2 rings (SSSR count). The van der Waals surface area contributed by atoms with Crippen molar-refractivity contribution in [1.29, 1.82) is 0 Å². The standard InChI is InChI=1S/C12H11N3O3/c1-8-6-7-14-12(11(8)15(16)17)18-10-5-3-2-4-9(10)13/h2-7H,13H2,1H3. The van der Waals surface area contributed by atoms with E-state index in [2.05, 4.69) is 4.98 Å². The predicted octanol–water partition coefficient (Wildman–Crippen LogP) is 2.67. The fraction of sp³-hybridized carbons (Fsp3) is 0.0833. The summed E-state index contributed by atoms with van der Waals surface area (Å²) >= 11 is 0. The molecule has 6 heteroatoms. The molecule has 0 unspecified atom stereocenters. The normalized spacial score (nSPS) is 10.1. The molecule has 92 valence electrons. The summed E-state index contributed by atoms with van der Waals surface area (Å²) in [5.41, 5.74) is 6.44. The quantitative estimate of drug-likeness (QED) is 0.510. The van der Waals surface area contributed by atoms with E-state index in [1.54, 1.807) is 37.3 Å². The van der Waals surface area contributed by atoms with E-state index in [0.717, 1.165) is 0 Å². The molecule has 2 aromatic rings. The first-order valence-electron chi connectivity index (χ1n) is 5.22. The molecule has 1 heterocycles. The summed E-state index contributed by atoms with van der Waals surface area (Å²) in [5, 5.41) is 11.0. The van der Waals surface area contributed by atoms with Gasteiger partial charge in [-0.05, 0) is 25.1 Å². The number of nitro groups is 1. The summed E-state index contributed by atoms with van der Waals surface area (Å²) in [7, 11) is 0. The number of benzene rings is 1. The van der Waals surface area contributed by atoms with Crippen LogP contribution in [0.1, 0.15) is 5.56 Å². The highest BCUT2D eigenvalue weighted by molar-refractivity contribution is 5.56. The maximum absolute atomic E-state index is 11.0. The van der Waals surface area contributed by atoms with Crippen molar-refractivity contribution >= 4 is 11.4 Å². The number of pyridine rings is 1.